The fourth-order valence-electron chi connectivity index (χ4n) is 4.39. The summed E-state index contributed by atoms with van der Waals surface area (Å²) >= 11 is 0. The van der Waals surface area contributed by atoms with Gasteiger partial charge in [-0.2, -0.15) is 5.10 Å². The van der Waals surface area contributed by atoms with Crippen molar-refractivity contribution in [3.63, 3.8) is 0 Å². The van der Waals surface area contributed by atoms with Crippen molar-refractivity contribution in [2.75, 3.05) is 27.2 Å². The average Bonchev–Trinajstić information content (AvgIpc) is 3.36. The van der Waals surface area contributed by atoms with Crippen LogP contribution in [-0.4, -0.2) is 58.1 Å². The van der Waals surface area contributed by atoms with Crippen LogP contribution in [0.1, 0.15) is 35.2 Å². The van der Waals surface area contributed by atoms with Gasteiger partial charge in [0.2, 0.25) is 0 Å². The van der Waals surface area contributed by atoms with Crippen molar-refractivity contribution >= 4 is 27.7 Å². The predicted octanol–water partition coefficient (Wildman–Crippen LogP) is 4.40. The van der Waals surface area contributed by atoms with Gasteiger partial charge in [0.25, 0.3) is 5.91 Å². The maximum absolute atomic E-state index is 12.4. The van der Waals surface area contributed by atoms with E-state index < -0.39 is 0 Å². The Kier molecular flexibility index (Phi) is 4.79. The highest BCUT2D eigenvalue weighted by Crippen LogP contribution is 2.30. The largest absolute Gasteiger partial charge is 0.353 e. The van der Waals surface area contributed by atoms with E-state index in [9.17, 15) is 4.79 Å². The van der Waals surface area contributed by atoms with Gasteiger partial charge in [-0.1, -0.05) is 12.5 Å². The van der Waals surface area contributed by atoms with Gasteiger partial charge in [-0.3, -0.25) is 14.8 Å². The molecule has 1 amide bonds. The fourth-order valence-corrected chi connectivity index (χ4v) is 4.39. The first-order valence-electron chi connectivity index (χ1n) is 10.6. The number of aromatic nitrogens is 3. The summed E-state index contributed by atoms with van der Waals surface area (Å²) in [7, 11) is 3.53. The lowest BCUT2D eigenvalue weighted by molar-refractivity contribution is 0.0828. The SMILES string of the molecule is CN(C)C(=O)c1ccc2[nH]nc(-c3cc4cc(CN5CCCCC5)ccc4[nH]3)c2c1. The molecule has 1 aliphatic heterocycles. The molecular formula is C24H27N5O. The normalized spacial score (nSPS) is 15.1. The van der Waals surface area contributed by atoms with Crippen LogP contribution in [0.3, 0.4) is 0 Å². The quantitative estimate of drug-likeness (QED) is 0.533. The van der Waals surface area contributed by atoms with Gasteiger partial charge >= 0.3 is 0 Å². The smallest absolute Gasteiger partial charge is 0.253 e. The lowest BCUT2D eigenvalue weighted by atomic mass is 10.1. The molecule has 30 heavy (non-hydrogen) atoms. The third kappa shape index (κ3) is 3.48. The van der Waals surface area contributed by atoms with E-state index in [1.165, 1.54) is 43.3 Å². The second kappa shape index (κ2) is 7.61. The molecule has 0 unspecified atom stereocenters. The molecule has 4 aromatic rings. The Morgan fingerprint density at radius 2 is 1.83 bits per heavy atom. The molecule has 2 N–H and O–H groups in total. The Hall–Kier alpha value is -3.12. The van der Waals surface area contributed by atoms with Crippen LogP contribution in [0, 0.1) is 0 Å². The van der Waals surface area contributed by atoms with Gasteiger partial charge < -0.3 is 9.88 Å². The van der Waals surface area contributed by atoms with Crippen LogP contribution in [0.25, 0.3) is 33.2 Å². The zero-order valence-electron chi connectivity index (χ0n) is 17.5. The Morgan fingerprint density at radius 1 is 1.03 bits per heavy atom. The summed E-state index contributed by atoms with van der Waals surface area (Å²) in [5.41, 5.74) is 5.83. The molecular weight excluding hydrogens is 374 g/mol. The molecule has 6 nitrogen and oxygen atoms in total. The minimum atomic E-state index is -0.0111. The zero-order valence-corrected chi connectivity index (χ0v) is 17.5. The number of rotatable bonds is 4. The molecule has 0 saturated carbocycles. The number of aromatic amines is 2. The highest BCUT2D eigenvalue weighted by Gasteiger charge is 2.16. The van der Waals surface area contributed by atoms with E-state index in [1.807, 2.05) is 18.2 Å². The number of hydrogen-bond acceptors (Lipinski definition) is 3. The Morgan fingerprint density at radius 3 is 2.63 bits per heavy atom. The molecule has 3 heterocycles. The van der Waals surface area contributed by atoms with Crippen molar-refractivity contribution in [3.05, 3.63) is 53.6 Å². The van der Waals surface area contributed by atoms with Crippen molar-refractivity contribution in [2.45, 2.75) is 25.8 Å². The van der Waals surface area contributed by atoms with Gasteiger partial charge in [0.15, 0.2) is 0 Å². The minimum absolute atomic E-state index is 0.0111. The second-order valence-electron chi connectivity index (χ2n) is 8.47. The first-order valence-corrected chi connectivity index (χ1v) is 10.6. The highest BCUT2D eigenvalue weighted by molar-refractivity contribution is 6.02. The molecule has 1 saturated heterocycles. The Bertz CT molecular complexity index is 1210. The lowest BCUT2D eigenvalue weighted by Crippen LogP contribution is -2.28. The number of nitrogens with zero attached hydrogens (tertiary/aromatic N) is 3. The molecule has 0 radical (unpaired) electrons. The maximum Gasteiger partial charge on any atom is 0.253 e. The minimum Gasteiger partial charge on any atom is -0.353 e. The number of amides is 1. The standard InChI is InChI=1S/C24H27N5O/c1-28(2)24(30)17-7-9-21-19(13-17)23(27-26-21)22-14-18-12-16(6-8-20(18)25-22)15-29-10-4-3-5-11-29/h6-9,12-14,25H,3-5,10-11,15H2,1-2H3,(H,26,27). The Labute approximate surface area is 175 Å². The van der Waals surface area contributed by atoms with E-state index in [1.54, 1.807) is 19.0 Å². The predicted molar refractivity (Wildman–Crippen MR) is 121 cm³/mol. The summed E-state index contributed by atoms with van der Waals surface area (Å²) in [6.07, 6.45) is 3.97. The third-order valence-electron chi connectivity index (χ3n) is 6.01. The third-order valence-corrected chi connectivity index (χ3v) is 6.01. The van der Waals surface area contributed by atoms with Crippen LogP contribution in [0.2, 0.25) is 0 Å². The van der Waals surface area contributed by atoms with Gasteiger partial charge in [-0.15, -0.1) is 0 Å². The van der Waals surface area contributed by atoms with Crippen molar-refractivity contribution in [3.8, 4) is 11.4 Å². The maximum atomic E-state index is 12.4. The Balaban J connectivity index is 1.49. The zero-order chi connectivity index (χ0) is 20.7. The van der Waals surface area contributed by atoms with Gasteiger partial charge in [0.05, 0.1) is 11.2 Å². The molecule has 154 valence electrons. The topological polar surface area (TPSA) is 68.0 Å². The summed E-state index contributed by atoms with van der Waals surface area (Å²) in [6.45, 7) is 3.41. The van der Waals surface area contributed by atoms with E-state index in [-0.39, 0.29) is 5.91 Å². The number of fused-ring (bicyclic) bond motifs is 2. The number of likely N-dealkylation sites (tertiary alicyclic amines) is 1. The van der Waals surface area contributed by atoms with Gasteiger partial charge in [0, 0.05) is 42.5 Å². The van der Waals surface area contributed by atoms with E-state index in [4.69, 9.17) is 0 Å². The first kappa shape index (κ1) is 18.9. The first-order chi connectivity index (χ1) is 14.6. The summed E-state index contributed by atoms with van der Waals surface area (Å²) < 4.78 is 0. The van der Waals surface area contributed by atoms with Gasteiger partial charge in [-0.25, -0.2) is 0 Å². The van der Waals surface area contributed by atoms with Crippen LogP contribution >= 0.6 is 0 Å². The molecule has 1 aliphatic rings. The number of carbonyl (C=O) groups is 1. The molecule has 2 aromatic heterocycles. The van der Waals surface area contributed by atoms with Crippen LogP contribution in [-0.2, 0) is 6.54 Å². The molecule has 2 aromatic carbocycles. The van der Waals surface area contributed by atoms with Crippen molar-refractivity contribution in [2.24, 2.45) is 0 Å². The molecule has 5 rings (SSSR count). The number of carbonyl (C=O) groups excluding carboxylic acids is 1. The van der Waals surface area contributed by atoms with Crippen LogP contribution in [0.4, 0.5) is 0 Å². The summed E-state index contributed by atoms with van der Waals surface area (Å²) in [5, 5.41) is 9.76. The number of piperidine rings is 1. The van der Waals surface area contributed by atoms with Crippen LogP contribution < -0.4 is 0 Å². The average molecular weight is 402 g/mol. The van der Waals surface area contributed by atoms with Crippen molar-refractivity contribution in [1.82, 2.24) is 25.0 Å². The second-order valence-corrected chi connectivity index (χ2v) is 8.47. The van der Waals surface area contributed by atoms with Crippen LogP contribution in [0.15, 0.2) is 42.5 Å². The van der Waals surface area contributed by atoms with Crippen LogP contribution in [0.5, 0.6) is 0 Å². The van der Waals surface area contributed by atoms with E-state index >= 15 is 0 Å². The fraction of sp³-hybridized carbons (Fsp3) is 0.333. The number of hydrogen-bond donors (Lipinski definition) is 2. The summed E-state index contributed by atoms with van der Waals surface area (Å²) in [6, 6.07) is 14.5. The molecule has 0 atom stereocenters. The summed E-state index contributed by atoms with van der Waals surface area (Å²) in [4.78, 5) is 20.0. The molecule has 0 aliphatic carbocycles. The van der Waals surface area contributed by atoms with Crippen molar-refractivity contribution < 1.29 is 4.79 Å². The highest BCUT2D eigenvalue weighted by atomic mass is 16.2. The summed E-state index contributed by atoms with van der Waals surface area (Å²) in [5.74, 6) is -0.0111. The van der Waals surface area contributed by atoms with E-state index in [0.29, 0.717) is 5.56 Å². The van der Waals surface area contributed by atoms with Gasteiger partial charge in [-0.05, 0) is 67.9 Å². The van der Waals surface area contributed by atoms with E-state index in [2.05, 4.69) is 44.3 Å². The molecule has 0 spiro atoms. The molecule has 1 fully saturated rings. The number of H-pyrrole nitrogens is 2. The molecule has 0 bridgehead atoms. The van der Waals surface area contributed by atoms with Crippen molar-refractivity contribution in [1.29, 1.82) is 0 Å². The number of nitrogens with one attached hydrogen (secondary N) is 2. The van der Waals surface area contributed by atoms with E-state index in [0.717, 1.165) is 34.4 Å². The van der Waals surface area contributed by atoms with Gasteiger partial charge in [0.1, 0.15) is 5.69 Å². The molecule has 6 heteroatoms. The monoisotopic (exact) mass is 401 g/mol. The lowest BCUT2D eigenvalue weighted by Gasteiger charge is -2.26. The number of benzene rings is 2.